The molecule has 0 aromatic rings. The third-order valence-electron chi connectivity index (χ3n) is 3.50. The van der Waals surface area contributed by atoms with Crippen LogP contribution < -0.4 is 0 Å². The van der Waals surface area contributed by atoms with E-state index in [9.17, 15) is 0 Å². The molecule has 3 fully saturated rings. The van der Waals surface area contributed by atoms with Crippen molar-refractivity contribution in [3.63, 3.8) is 0 Å². The smallest absolute Gasteiger partial charge is 0.152 e. The first-order valence-electron chi connectivity index (χ1n) is 4.88. The summed E-state index contributed by atoms with van der Waals surface area (Å²) in [7, 11) is 0. The summed E-state index contributed by atoms with van der Waals surface area (Å²) in [6, 6.07) is 0. The van der Waals surface area contributed by atoms with E-state index in [-0.39, 0.29) is 24.4 Å². The predicted octanol–water partition coefficient (Wildman–Crippen LogP) is 1.09. The van der Waals surface area contributed by atoms with E-state index >= 15 is 0 Å². The van der Waals surface area contributed by atoms with Crippen LogP contribution >= 0.6 is 0 Å². The molecule has 72 valence electrons. The molecule has 3 heteroatoms. The Morgan fingerprint density at radius 3 is 3.00 bits per heavy atom. The Bertz CT molecular complexity index is 240. The van der Waals surface area contributed by atoms with E-state index in [4.69, 9.17) is 14.2 Å². The van der Waals surface area contributed by atoms with Crippen molar-refractivity contribution in [1.82, 2.24) is 0 Å². The highest BCUT2D eigenvalue weighted by Crippen LogP contribution is 2.49. The second-order valence-corrected chi connectivity index (χ2v) is 4.11. The second-order valence-electron chi connectivity index (χ2n) is 4.11. The molecule has 3 aliphatic rings. The fraction of sp³-hybridized carbons (Fsp3) is 0.800. The van der Waals surface area contributed by atoms with Crippen LogP contribution in [-0.4, -0.2) is 30.5 Å². The van der Waals surface area contributed by atoms with Crippen molar-refractivity contribution in [2.75, 3.05) is 0 Å². The van der Waals surface area contributed by atoms with Gasteiger partial charge in [0.15, 0.2) is 6.10 Å². The van der Waals surface area contributed by atoms with Crippen molar-refractivity contribution in [3.05, 3.63) is 12.8 Å². The molecule has 3 aliphatic heterocycles. The monoisotopic (exact) mass is 182 g/mol. The Balaban J connectivity index is 1.86. The molecule has 0 aromatic carbocycles. The maximum Gasteiger partial charge on any atom is 0.152 e. The highest BCUT2D eigenvalue weighted by atomic mass is 16.6. The molecule has 3 rings (SSSR count). The number of ether oxygens (including phenoxy) is 3. The molecular weight excluding hydrogens is 168 g/mol. The summed E-state index contributed by atoms with van der Waals surface area (Å²) >= 11 is 0. The van der Waals surface area contributed by atoms with Crippen LogP contribution in [0.4, 0.5) is 0 Å². The lowest BCUT2D eigenvalue weighted by atomic mass is 9.86. The van der Waals surface area contributed by atoms with Crippen molar-refractivity contribution < 1.29 is 14.2 Å². The van der Waals surface area contributed by atoms with Crippen molar-refractivity contribution in [2.24, 2.45) is 5.92 Å². The van der Waals surface area contributed by atoms with Gasteiger partial charge in [0.1, 0.15) is 6.10 Å². The maximum absolute atomic E-state index is 5.81. The van der Waals surface area contributed by atoms with Gasteiger partial charge in [-0.05, 0) is 13.3 Å². The summed E-state index contributed by atoms with van der Waals surface area (Å²) in [6.07, 6.45) is 3.67. The van der Waals surface area contributed by atoms with Gasteiger partial charge in [0, 0.05) is 5.92 Å². The summed E-state index contributed by atoms with van der Waals surface area (Å²) in [5.74, 6) is 0.597. The standard InChI is InChI=1S/C10H14O3/c1-3-11-9-7-4-6-5(2)12-10(9)8(6)13-7/h3,5-10H,1,4H2,2H3. The van der Waals surface area contributed by atoms with Crippen LogP contribution in [0.1, 0.15) is 13.3 Å². The van der Waals surface area contributed by atoms with Gasteiger partial charge in [0.25, 0.3) is 0 Å². The normalized spacial score (nSPS) is 57.0. The van der Waals surface area contributed by atoms with Gasteiger partial charge in [-0.3, -0.25) is 0 Å². The third-order valence-corrected chi connectivity index (χ3v) is 3.50. The topological polar surface area (TPSA) is 27.7 Å². The van der Waals surface area contributed by atoms with E-state index in [1.807, 2.05) is 0 Å². The molecule has 0 amide bonds. The van der Waals surface area contributed by atoms with Crippen LogP contribution in [0.2, 0.25) is 0 Å². The van der Waals surface area contributed by atoms with E-state index in [0.717, 1.165) is 6.42 Å². The van der Waals surface area contributed by atoms with Gasteiger partial charge in [-0.15, -0.1) is 0 Å². The number of fused-ring (bicyclic) bond motifs is 1. The minimum Gasteiger partial charge on any atom is -0.493 e. The van der Waals surface area contributed by atoms with E-state index in [0.29, 0.717) is 12.0 Å². The molecule has 13 heavy (non-hydrogen) atoms. The summed E-state index contributed by atoms with van der Waals surface area (Å²) < 4.78 is 17.0. The second kappa shape index (κ2) is 2.49. The number of hydrogen-bond acceptors (Lipinski definition) is 3. The number of rotatable bonds is 2. The first-order chi connectivity index (χ1) is 6.31. The van der Waals surface area contributed by atoms with Gasteiger partial charge in [-0.25, -0.2) is 0 Å². The van der Waals surface area contributed by atoms with Crippen molar-refractivity contribution in [2.45, 2.75) is 43.9 Å². The lowest BCUT2D eigenvalue weighted by Gasteiger charge is -2.22. The molecule has 0 saturated carbocycles. The van der Waals surface area contributed by atoms with E-state index in [2.05, 4.69) is 13.5 Å². The molecule has 0 radical (unpaired) electrons. The molecule has 3 nitrogen and oxygen atoms in total. The van der Waals surface area contributed by atoms with Crippen molar-refractivity contribution in [1.29, 1.82) is 0 Å². The lowest BCUT2D eigenvalue weighted by Crippen LogP contribution is -2.37. The van der Waals surface area contributed by atoms with Crippen LogP contribution in [0.25, 0.3) is 0 Å². The van der Waals surface area contributed by atoms with Gasteiger partial charge in [-0.2, -0.15) is 0 Å². The molecule has 0 spiro atoms. The Labute approximate surface area is 77.7 Å². The van der Waals surface area contributed by atoms with Crippen LogP contribution in [0.5, 0.6) is 0 Å². The van der Waals surface area contributed by atoms with E-state index in [1.165, 1.54) is 6.26 Å². The Morgan fingerprint density at radius 1 is 1.38 bits per heavy atom. The molecule has 0 aromatic heterocycles. The van der Waals surface area contributed by atoms with E-state index < -0.39 is 0 Å². The van der Waals surface area contributed by atoms with Crippen molar-refractivity contribution >= 4 is 0 Å². The lowest BCUT2D eigenvalue weighted by molar-refractivity contribution is -0.0224. The molecule has 0 aliphatic carbocycles. The van der Waals surface area contributed by atoms with Crippen molar-refractivity contribution in [3.8, 4) is 0 Å². The summed E-state index contributed by atoms with van der Waals surface area (Å²) in [5.41, 5.74) is 0. The Morgan fingerprint density at radius 2 is 2.23 bits per heavy atom. The molecule has 0 N–H and O–H groups in total. The summed E-state index contributed by atoms with van der Waals surface area (Å²) in [6.45, 7) is 5.70. The maximum atomic E-state index is 5.81. The Kier molecular flexibility index (Phi) is 1.50. The highest BCUT2D eigenvalue weighted by Gasteiger charge is 2.62. The van der Waals surface area contributed by atoms with Gasteiger partial charge >= 0.3 is 0 Å². The molecule has 3 saturated heterocycles. The van der Waals surface area contributed by atoms with Gasteiger partial charge < -0.3 is 14.2 Å². The summed E-state index contributed by atoms with van der Waals surface area (Å²) in [4.78, 5) is 0. The zero-order valence-electron chi connectivity index (χ0n) is 7.68. The van der Waals surface area contributed by atoms with Gasteiger partial charge in [0.2, 0.25) is 0 Å². The quantitative estimate of drug-likeness (QED) is 0.598. The third kappa shape index (κ3) is 0.864. The van der Waals surface area contributed by atoms with Crippen LogP contribution in [0.3, 0.4) is 0 Å². The fourth-order valence-electron chi connectivity index (χ4n) is 2.93. The minimum atomic E-state index is 0.0868. The predicted molar refractivity (Wildman–Crippen MR) is 46.2 cm³/mol. The van der Waals surface area contributed by atoms with Gasteiger partial charge in [-0.1, -0.05) is 6.58 Å². The zero-order valence-corrected chi connectivity index (χ0v) is 7.68. The Hall–Kier alpha value is -0.540. The molecule has 6 atom stereocenters. The minimum absolute atomic E-state index is 0.0868. The van der Waals surface area contributed by atoms with Crippen LogP contribution in [0, 0.1) is 5.92 Å². The molecular formula is C10H14O3. The average Bonchev–Trinajstić information content (AvgIpc) is 2.69. The van der Waals surface area contributed by atoms with Crippen LogP contribution in [0.15, 0.2) is 12.8 Å². The van der Waals surface area contributed by atoms with Gasteiger partial charge in [0.05, 0.1) is 24.6 Å². The fourth-order valence-corrected chi connectivity index (χ4v) is 2.93. The summed E-state index contributed by atoms with van der Waals surface area (Å²) in [5, 5.41) is 0. The first kappa shape index (κ1) is 7.83. The largest absolute Gasteiger partial charge is 0.493 e. The molecule has 6 unspecified atom stereocenters. The number of hydrogen-bond donors (Lipinski definition) is 0. The zero-order chi connectivity index (χ0) is 9.00. The highest BCUT2D eigenvalue weighted by molar-refractivity contribution is 5.09. The first-order valence-corrected chi connectivity index (χ1v) is 4.88. The molecule has 3 heterocycles. The van der Waals surface area contributed by atoms with E-state index in [1.54, 1.807) is 0 Å². The SMILES string of the molecule is C=COC1C2CC3C(C)OC1C3O2. The average molecular weight is 182 g/mol. The van der Waals surface area contributed by atoms with Crippen LogP contribution in [-0.2, 0) is 14.2 Å². The molecule has 2 bridgehead atoms.